The number of rotatable bonds is 2. The monoisotopic (exact) mass is 397 g/mol. The van der Waals surface area contributed by atoms with Gasteiger partial charge in [0.05, 0.1) is 14.3 Å². The molecule has 0 atom stereocenters. The molecule has 2 rings (SSSR count). The number of nitrogens with two attached hydrogens (primary N) is 1. The van der Waals surface area contributed by atoms with E-state index in [1.165, 1.54) is 12.1 Å². The van der Waals surface area contributed by atoms with E-state index in [1.807, 2.05) is 22.6 Å². The first-order valence-corrected chi connectivity index (χ1v) is 6.69. The summed E-state index contributed by atoms with van der Waals surface area (Å²) in [6.07, 6.45) is 0. The molecule has 0 unspecified atom stereocenters. The second-order valence-electron chi connectivity index (χ2n) is 3.46. The van der Waals surface area contributed by atoms with Crippen LogP contribution >= 0.6 is 45.8 Å². The SMILES string of the molecule is Nc1cc(I)c(F)cc1Oc1cccc(Cl)c1Cl. The molecule has 0 amide bonds. The summed E-state index contributed by atoms with van der Waals surface area (Å²) in [4.78, 5) is 0. The van der Waals surface area contributed by atoms with Crippen molar-refractivity contribution in [1.82, 2.24) is 0 Å². The molecule has 0 heterocycles. The first-order chi connectivity index (χ1) is 8.49. The van der Waals surface area contributed by atoms with E-state index in [2.05, 4.69) is 0 Å². The van der Waals surface area contributed by atoms with Crippen LogP contribution in [0.3, 0.4) is 0 Å². The Bertz CT molecular complexity index is 607. The van der Waals surface area contributed by atoms with Crippen molar-refractivity contribution >= 4 is 51.5 Å². The zero-order valence-electron chi connectivity index (χ0n) is 8.88. The van der Waals surface area contributed by atoms with E-state index < -0.39 is 5.82 Å². The van der Waals surface area contributed by atoms with E-state index in [0.29, 0.717) is 20.0 Å². The highest BCUT2D eigenvalue weighted by molar-refractivity contribution is 14.1. The van der Waals surface area contributed by atoms with Gasteiger partial charge in [-0.05, 0) is 40.8 Å². The van der Waals surface area contributed by atoms with Gasteiger partial charge in [0.25, 0.3) is 0 Å². The molecule has 94 valence electrons. The first kappa shape index (κ1) is 13.7. The first-order valence-electron chi connectivity index (χ1n) is 4.85. The highest BCUT2D eigenvalue weighted by atomic mass is 127. The fraction of sp³-hybridized carbons (Fsp3) is 0. The van der Waals surface area contributed by atoms with Crippen LogP contribution in [0.25, 0.3) is 0 Å². The Labute approximate surface area is 127 Å². The van der Waals surface area contributed by atoms with Gasteiger partial charge in [0.15, 0.2) is 5.75 Å². The molecule has 0 aliphatic heterocycles. The van der Waals surface area contributed by atoms with Gasteiger partial charge in [0.2, 0.25) is 0 Å². The highest BCUT2D eigenvalue weighted by Gasteiger charge is 2.11. The van der Waals surface area contributed by atoms with Gasteiger partial charge < -0.3 is 10.5 Å². The quantitative estimate of drug-likeness (QED) is 0.564. The van der Waals surface area contributed by atoms with Gasteiger partial charge in [0.1, 0.15) is 16.6 Å². The molecule has 0 aromatic heterocycles. The Kier molecular flexibility index (Phi) is 4.19. The molecule has 0 fully saturated rings. The Morgan fingerprint density at radius 2 is 1.89 bits per heavy atom. The summed E-state index contributed by atoms with van der Waals surface area (Å²) >= 11 is 13.7. The summed E-state index contributed by atoms with van der Waals surface area (Å²) in [6, 6.07) is 7.65. The Hall–Kier alpha value is -0.720. The van der Waals surface area contributed by atoms with Gasteiger partial charge in [-0.25, -0.2) is 4.39 Å². The Morgan fingerprint density at radius 3 is 2.61 bits per heavy atom. The van der Waals surface area contributed by atoms with Crippen molar-refractivity contribution in [3.05, 3.63) is 49.8 Å². The van der Waals surface area contributed by atoms with Gasteiger partial charge in [-0.1, -0.05) is 29.3 Å². The number of hydrogen-bond acceptors (Lipinski definition) is 2. The number of benzene rings is 2. The highest BCUT2D eigenvalue weighted by Crippen LogP contribution is 2.37. The van der Waals surface area contributed by atoms with Crippen molar-refractivity contribution in [3.8, 4) is 11.5 Å². The average molecular weight is 398 g/mol. The zero-order chi connectivity index (χ0) is 13.3. The van der Waals surface area contributed by atoms with Crippen molar-refractivity contribution in [3.63, 3.8) is 0 Å². The minimum absolute atomic E-state index is 0.206. The van der Waals surface area contributed by atoms with Crippen LogP contribution in [-0.4, -0.2) is 0 Å². The second kappa shape index (κ2) is 5.50. The zero-order valence-corrected chi connectivity index (χ0v) is 12.6. The van der Waals surface area contributed by atoms with Crippen LogP contribution in [0.5, 0.6) is 11.5 Å². The molecule has 2 nitrogen and oxygen atoms in total. The van der Waals surface area contributed by atoms with Crippen molar-refractivity contribution in [2.24, 2.45) is 0 Å². The average Bonchev–Trinajstić information content (AvgIpc) is 2.32. The van der Waals surface area contributed by atoms with Gasteiger partial charge in [-0.15, -0.1) is 0 Å². The molecule has 2 aromatic carbocycles. The third kappa shape index (κ3) is 2.81. The lowest BCUT2D eigenvalue weighted by molar-refractivity contribution is 0.479. The summed E-state index contributed by atoms with van der Waals surface area (Å²) in [7, 11) is 0. The molecular weight excluding hydrogens is 391 g/mol. The van der Waals surface area contributed by atoms with Crippen molar-refractivity contribution in [2.45, 2.75) is 0 Å². The number of hydrogen-bond donors (Lipinski definition) is 1. The van der Waals surface area contributed by atoms with E-state index >= 15 is 0 Å². The van der Waals surface area contributed by atoms with Crippen LogP contribution in [-0.2, 0) is 0 Å². The van der Waals surface area contributed by atoms with Crippen molar-refractivity contribution in [1.29, 1.82) is 0 Å². The minimum atomic E-state index is -0.405. The molecule has 0 saturated carbocycles. The summed E-state index contributed by atoms with van der Waals surface area (Å²) < 4.78 is 19.3. The van der Waals surface area contributed by atoms with E-state index in [4.69, 9.17) is 33.7 Å². The van der Waals surface area contributed by atoms with E-state index in [1.54, 1.807) is 18.2 Å². The third-order valence-corrected chi connectivity index (χ3v) is 3.82. The molecule has 0 saturated heterocycles. The molecular formula is C12H7Cl2FINO. The maximum Gasteiger partial charge on any atom is 0.153 e. The lowest BCUT2D eigenvalue weighted by Gasteiger charge is -2.11. The topological polar surface area (TPSA) is 35.2 Å². The Morgan fingerprint density at radius 1 is 1.17 bits per heavy atom. The summed E-state index contributed by atoms with van der Waals surface area (Å²) in [6.45, 7) is 0. The minimum Gasteiger partial charge on any atom is -0.453 e. The molecule has 6 heteroatoms. The number of nitrogen functional groups attached to an aromatic ring is 1. The molecule has 2 N–H and O–H groups in total. The van der Waals surface area contributed by atoms with Crippen molar-refractivity contribution in [2.75, 3.05) is 5.73 Å². The fourth-order valence-corrected chi connectivity index (χ4v) is 2.14. The fourth-order valence-electron chi connectivity index (χ4n) is 1.31. The summed E-state index contributed by atoms with van der Waals surface area (Å²) in [5, 5.41) is 0.622. The number of halogens is 4. The van der Waals surface area contributed by atoms with Crippen LogP contribution in [0.1, 0.15) is 0 Å². The summed E-state index contributed by atoms with van der Waals surface area (Å²) in [5.74, 6) is 0.131. The molecule has 0 spiro atoms. The van der Waals surface area contributed by atoms with Gasteiger partial charge in [0, 0.05) is 6.07 Å². The largest absolute Gasteiger partial charge is 0.453 e. The van der Waals surface area contributed by atoms with Gasteiger partial charge >= 0.3 is 0 Å². The molecule has 2 aromatic rings. The molecule has 0 aliphatic carbocycles. The van der Waals surface area contributed by atoms with E-state index in [0.717, 1.165) is 0 Å². The normalized spacial score (nSPS) is 10.4. The van der Waals surface area contributed by atoms with Crippen LogP contribution in [0.4, 0.5) is 10.1 Å². The van der Waals surface area contributed by atoms with Gasteiger partial charge in [-0.3, -0.25) is 0 Å². The maximum atomic E-state index is 13.4. The van der Waals surface area contributed by atoms with Gasteiger partial charge in [-0.2, -0.15) is 0 Å². The van der Waals surface area contributed by atoms with Crippen molar-refractivity contribution < 1.29 is 9.13 Å². The standard InChI is InChI=1S/C12H7Cl2FINO/c13-6-2-1-3-10(12(6)14)18-11-4-7(15)8(16)5-9(11)17/h1-5H,17H2. The molecule has 18 heavy (non-hydrogen) atoms. The van der Waals surface area contributed by atoms with Crippen LogP contribution in [0, 0.1) is 9.39 Å². The lowest BCUT2D eigenvalue weighted by Crippen LogP contribution is -1.95. The van der Waals surface area contributed by atoms with Crippen LogP contribution < -0.4 is 10.5 Å². The predicted octanol–water partition coefficient (Wildman–Crippen LogP) is 5.11. The van der Waals surface area contributed by atoms with Crippen LogP contribution in [0.15, 0.2) is 30.3 Å². The third-order valence-electron chi connectivity index (χ3n) is 2.19. The molecule has 0 radical (unpaired) electrons. The second-order valence-corrected chi connectivity index (χ2v) is 5.41. The number of ether oxygens (including phenoxy) is 1. The summed E-state index contributed by atoms with van der Waals surface area (Å²) in [5.41, 5.74) is 6.08. The smallest absolute Gasteiger partial charge is 0.153 e. The predicted molar refractivity (Wildman–Crippen MR) is 80.1 cm³/mol. The van der Waals surface area contributed by atoms with E-state index in [9.17, 15) is 4.39 Å². The Balaban J connectivity index is 2.40. The lowest BCUT2D eigenvalue weighted by atomic mass is 10.3. The van der Waals surface area contributed by atoms with Crippen LogP contribution in [0.2, 0.25) is 10.0 Å². The van der Waals surface area contributed by atoms with E-state index in [-0.39, 0.29) is 10.8 Å². The number of anilines is 1. The maximum absolute atomic E-state index is 13.4. The molecule has 0 aliphatic rings. The molecule has 0 bridgehead atoms.